The van der Waals surface area contributed by atoms with E-state index in [0.717, 1.165) is 52.6 Å². The van der Waals surface area contributed by atoms with Crippen LogP contribution in [-0.2, 0) is 6.54 Å². The third-order valence-corrected chi connectivity index (χ3v) is 4.74. The predicted octanol–water partition coefficient (Wildman–Crippen LogP) is 4.00. The number of hydrogen-bond acceptors (Lipinski definition) is 3. The summed E-state index contributed by atoms with van der Waals surface area (Å²) in [7, 11) is 0. The molecule has 0 radical (unpaired) electrons. The van der Waals surface area contributed by atoms with E-state index in [1.807, 2.05) is 25.1 Å². The van der Waals surface area contributed by atoms with Gasteiger partial charge in [0.1, 0.15) is 5.75 Å². The topological polar surface area (TPSA) is 36.4 Å². The maximum atomic E-state index is 10.8. The average molecular weight is 292 g/mol. The Bertz CT molecular complexity index is 851. The summed E-state index contributed by atoms with van der Waals surface area (Å²) in [6.45, 7) is 5.04. The zero-order valence-electron chi connectivity index (χ0n) is 12.8. The summed E-state index contributed by atoms with van der Waals surface area (Å²) in [5, 5.41) is 13.9. The van der Waals surface area contributed by atoms with Gasteiger partial charge in [-0.3, -0.25) is 9.88 Å². The summed E-state index contributed by atoms with van der Waals surface area (Å²) >= 11 is 0. The highest BCUT2D eigenvalue weighted by atomic mass is 16.3. The van der Waals surface area contributed by atoms with Crippen LogP contribution in [0.1, 0.15) is 24.1 Å². The van der Waals surface area contributed by atoms with E-state index >= 15 is 0 Å². The van der Waals surface area contributed by atoms with Crippen molar-refractivity contribution in [1.29, 1.82) is 0 Å². The van der Waals surface area contributed by atoms with E-state index in [4.69, 9.17) is 4.98 Å². The van der Waals surface area contributed by atoms with E-state index in [2.05, 4.69) is 23.1 Å². The molecule has 1 aromatic heterocycles. The van der Waals surface area contributed by atoms with Gasteiger partial charge in [0.25, 0.3) is 0 Å². The number of rotatable bonds is 2. The van der Waals surface area contributed by atoms with Crippen molar-refractivity contribution < 1.29 is 5.11 Å². The van der Waals surface area contributed by atoms with Crippen molar-refractivity contribution >= 4 is 21.7 Å². The SMILES string of the molecule is Cc1nc2c(ccc3ccccc32)c(O)c1CN1CCCC1. The van der Waals surface area contributed by atoms with Gasteiger partial charge in [0.15, 0.2) is 0 Å². The summed E-state index contributed by atoms with van der Waals surface area (Å²) in [5.74, 6) is 0.403. The Kier molecular flexibility index (Phi) is 3.23. The Hall–Kier alpha value is -2.13. The smallest absolute Gasteiger partial charge is 0.131 e. The highest BCUT2D eigenvalue weighted by Gasteiger charge is 2.18. The van der Waals surface area contributed by atoms with Crippen LogP contribution in [0.3, 0.4) is 0 Å². The number of aromatic hydroxyl groups is 1. The molecule has 2 heterocycles. The molecule has 0 saturated carbocycles. The van der Waals surface area contributed by atoms with E-state index in [1.165, 1.54) is 12.8 Å². The van der Waals surface area contributed by atoms with Crippen LogP contribution in [0, 0.1) is 6.92 Å². The lowest BCUT2D eigenvalue weighted by atomic mass is 10.0. The summed E-state index contributed by atoms with van der Waals surface area (Å²) < 4.78 is 0. The minimum absolute atomic E-state index is 0.403. The fraction of sp³-hybridized carbons (Fsp3) is 0.316. The van der Waals surface area contributed by atoms with Crippen LogP contribution in [0.5, 0.6) is 5.75 Å². The zero-order valence-corrected chi connectivity index (χ0v) is 12.8. The second-order valence-corrected chi connectivity index (χ2v) is 6.19. The van der Waals surface area contributed by atoms with Gasteiger partial charge in [-0.2, -0.15) is 0 Å². The minimum atomic E-state index is 0.403. The number of nitrogens with zero attached hydrogens (tertiary/aromatic N) is 2. The van der Waals surface area contributed by atoms with Crippen molar-refractivity contribution in [3.8, 4) is 5.75 Å². The number of aromatic nitrogens is 1. The molecule has 0 spiro atoms. The van der Waals surface area contributed by atoms with E-state index in [0.29, 0.717) is 5.75 Å². The third-order valence-electron chi connectivity index (χ3n) is 4.74. The Morgan fingerprint density at radius 3 is 2.64 bits per heavy atom. The predicted molar refractivity (Wildman–Crippen MR) is 90.2 cm³/mol. The first kappa shape index (κ1) is 13.5. The molecule has 1 aliphatic rings. The molecule has 2 aromatic carbocycles. The van der Waals surface area contributed by atoms with Gasteiger partial charge in [0.05, 0.1) is 5.52 Å². The number of pyridine rings is 1. The number of hydrogen-bond donors (Lipinski definition) is 1. The van der Waals surface area contributed by atoms with Gasteiger partial charge in [0, 0.05) is 28.6 Å². The van der Waals surface area contributed by atoms with Gasteiger partial charge >= 0.3 is 0 Å². The highest BCUT2D eigenvalue weighted by Crippen LogP contribution is 2.34. The molecular formula is C19H20N2O. The van der Waals surface area contributed by atoms with E-state index in [9.17, 15) is 5.11 Å². The van der Waals surface area contributed by atoms with Gasteiger partial charge in [0.2, 0.25) is 0 Å². The van der Waals surface area contributed by atoms with Crippen molar-refractivity contribution in [2.24, 2.45) is 0 Å². The van der Waals surface area contributed by atoms with E-state index in [1.54, 1.807) is 0 Å². The molecule has 22 heavy (non-hydrogen) atoms. The quantitative estimate of drug-likeness (QED) is 0.725. The molecular weight excluding hydrogens is 272 g/mol. The Morgan fingerprint density at radius 1 is 1.05 bits per heavy atom. The van der Waals surface area contributed by atoms with Crippen LogP contribution in [0.15, 0.2) is 36.4 Å². The van der Waals surface area contributed by atoms with Crippen LogP contribution in [-0.4, -0.2) is 28.1 Å². The average Bonchev–Trinajstić information content (AvgIpc) is 3.04. The van der Waals surface area contributed by atoms with Gasteiger partial charge < -0.3 is 5.11 Å². The van der Waals surface area contributed by atoms with Crippen LogP contribution >= 0.6 is 0 Å². The maximum absolute atomic E-state index is 10.8. The Morgan fingerprint density at radius 2 is 1.82 bits per heavy atom. The summed E-state index contributed by atoms with van der Waals surface area (Å²) in [5.41, 5.74) is 2.82. The number of fused-ring (bicyclic) bond motifs is 3. The Balaban J connectivity index is 1.91. The first-order valence-corrected chi connectivity index (χ1v) is 7.96. The van der Waals surface area contributed by atoms with Crippen LogP contribution in [0.25, 0.3) is 21.7 Å². The third kappa shape index (κ3) is 2.13. The lowest BCUT2D eigenvalue weighted by Crippen LogP contribution is -2.19. The first-order valence-electron chi connectivity index (χ1n) is 7.96. The standard InChI is InChI=1S/C19H20N2O/c1-13-17(12-21-10-4-5-11-21)19(22)16-9-8-14-6-2-3-7-15(14)18(16)20-13/h2-3,6-9H,4-5,10-12H2,1H3,(H,20,22). The van der Waals surface area contributed by atoms with Crippen molar-refractivity contribution in [2.45, 2.75) is 26.3 Å². The molecule has 3 aromatic rings. The number of benzene rings is 2. The molecule has 1 N–H and O–H groups in total. The second-order valence-electron chi connectivity index (χ2n) is 6.19. The highest BCUT2D eigenvalue weighted by molar-refractivity contribution is 6.07. The molecule has 112 valence electrons. The zero-order chi connectivity index (χ0) is 15.1. The molecule has 1 fully saturated rings. The molecule has 0 amide bonds. The van der Waals surface area contributed by atoms with Gasteiger partial charge in [-0.05, 0) is 44.3 Å². The van der Waals surface area contributed by atoms with Crippen LogP contribution < -0.4 is 0 Å². The van der Waals surface area contributed by atoms with Gasteiger partial charge in [-0.25, -0.2) is 0 Å². The van der Waals surface area contributed by atoms with Crippen molar-refractivity contribution in [1.82, 2.24) is 9.88 Å². The molecule has 0 bridgehead atoms. The normalized spacial score (nSPS) is 15.9. The lowest BCUT2D eigenvalue weighted by molar-refractivity contribution is 0.323. The molecule has 3 nitrogen and oxygen atoms in total. The second kappa shape index (κ2) is 5.25. The van der Waals surface area contributed by atoms with Crippen molar-refractivity contribution in [3.63, 3.8) is 0 Å². The molecule has 0 atom stereocenters. The van der Waals surface area contributed by atoms with Crippen LogP contribution in [0.2, 0.25) is 0 Å². The van der Waals surface area contributed by atoms with Gasteiger partial charge in [-0.1, -0.05) is 30.3 Å². The lowest BCUT2D eigenvalue weighted by Gasteiger charge is -2.18. The molecule has 3 heteroatoms. The van der Waals surface area contributed by atoms with Crippen LogP contribution in [0.4, 0.5) is 0 Å². The van der Waals surface area contributed by atoms with E-state index in [-0.39, 0.29) is 0 Å². The van der Waals surface area contributed by atoms with Crippen molar-refractivity contribution in [2.75, 3.05) is 13.1 Å². The fourth-order valence-corrected chi connectivity index (χ4v) is 3.49. The first-order chi connectivity index (χ1) is 10.7. The summed E-state index contributed by atoms with van der Waals surface area (Å²) in [6.07, 6.45) is 2.51. The summed E-state index contributed by atoms with van der Waals surface area (Å²) in [6, 6.07) is 12.3. The molecule has 0 unspecified atom stereocenters. The molecule has 4 rings (SSSR count). The minimum Gasteiger partial charge on any atom is -0.507 e. The van der Waals surface area contributed by atoms with E-state index < -0.39 is 0 Å². The fourth-order valence-electron chi connectivity index (χ4n) is 3.49. The van der Waals surface area contributed by atoms with Gasteiger partial charge in [-0.15, -0.1) is 0 Å². The summed E-state index contributed by atoms with van der Waals surface area (Å²) in [4.78, 5) is 7.22. The Labute approximate surface area is 130 Å². The number of aryl methyl sites for hydroxylation is 1. The number of likely N-dealkylation sites (tertiary alicyclic amines) is 1. The maximum Gasteiger partial charge on any atom is 0.131 e. The molecule has 1 saturated heterocycles. The largest absolute Gasteiger partial charge is 0.507 e. The van der Waals surface area contributed by atoms with Crippen molar-refractivity contribution in [3.05, 3.63) is 47.7 Å². The molecule has 1 aliphatic heterocycles. The monoisotopic (exact) mass is 292 g/mol. The molecule has 0 aliphatic carbocycles.